The lowest BCUT2D eigenvalue weighted by molar-refractivity contribution is 0.351. The molecule has 0 spiro atoms. The fourth-order valence-corrected chi connectivity index (χ4v) is 2.45. The highest BCUT2D eigenvalue weighted by Crippen LogP contribution is 2.37. The van der Waals surface area contributed by atoms with Gasteiger partial charge in [0.2, 0.25) is 0 Å². The standard InChI is InChI=1S/C15H13BrClFO2/c1-19-13-7-11(12(18)8-14(13)20-2)15(17)9-3-5-10(16)6-4-9/h3-8,15H,1-2H3. The molecule has 0 heterocycles. The summed E-state index contributed by atoms with van der Waals surface area (Å²) in [6.07, 6.45) is 0. The van der Waals surface area contributed by atoms with Gasteiger partial charge >= 0.3 is 0 Å². The lowest BCUT2D eigenvalue weighted by Gasteiger charge is -2.15. The number of alkyl halides is 1. The average Bonchev–Trinajstić information content (AvgIpc) is 2.47. The molecule has 2 aromatic carbocycles. The van der Waals surface area contributed by atoms with Gasteiger partial charge in [-0.3, -0.25) is 0 Å². The monoisotopic (exact) mass is 358 g/mol. The number of halogens is 3. The van der Waals surface area contributed by atoms with Crippen molar-refractivity contribution >= 4 is 27.5 Å². The number of methoxy groups -OCH3 is 2. The van der Waals surface area contributed by atoms with E-state index in [-0.39, 0.29) is 0 Å². The van der Waals surface area contributed by atoms with Gasteiger partial charge in [0.15, 0.2) is 11.5 Å². The van der Waals surface area contributed by atoms with Crippen LogP contribution >= 0.6 is 27.5 Å². The van der Waals surface area contributed by atoms with Crippen LogP contribution in [0.5, 0.6) is 11.5 Å². The van der Waals surface area contributed by atoms with E-state index in [1.165, 1.54) is 20.3 Å². The molecule has 0 aliphatic carbocycles. The molecule has 0 N–H and O–H groups in total. The molecule has 2 nitrogen and oxygen atoms in total. The molecule has 1 atom stereocenters. The number of rotatable bonds is 4. The zero-order chi connectivity index (χ0) is 14.7. The van der Waals surface area contributed by atoms with Crippen LogP contribution in [0.25, 0.3) is 0 Å². The normalized spacial score (nSPS) is 12.1. The number of hydrogen-bond donors (Lipinski definition) is 0. The van der Waals surface area contributed by atoms with Crippen LogP contribution in [0.4, 0.5) is 4.39 Å². The smallest absolute Gasteiger partial charge is 0.163 e. The van der Waals surface area contributed by atoms with Crippen LogP contribution in [0.2, 0.25) is 0 Å². The van der Waals surface area contributed by atoms with Crippen molar-refractivity contribution in [1.82, 2.24) is 0 Å². The van der Waals surface area contributed by atoms with Crippen LogP contribution in [0.3, 0.4) is 0 Å². The van der Waals surface area contributed by atoms with Gasteiger partial charge in [-0.25, -0.2) is 4.39 Å². The topological polar surface area (TPSA) is 18.5 Å². The summed E-state index contributed by atoms with van der Waals surface area (Å²) in [5.74, 6) is 0.366. The first kappa shape index (κ1) is 15.1. The predicted molar refractivity (Wildman–Crippen MR) is 81.3 cm³/mol. The fourth-order valence-electron chi connectivity index (χ4n) is 1.88. The molecule has 1 unspecified atom stereocenters. The third kappa shape index (κ3) is 3.07. The van der Waals surface area contributed by atoms with Gasteiger partial charge in [0.25, 0.3) is 0 Å². The minimum absolute atomic E-state index is 0.341. The Balaban J connectivity index is 2.43. The second-order valence-corrected chi connectivity index (χ2v) is 5.49. The highest BCUT2D eigenvalue weighted by Gasteiger charge is 2.19. The molecule has 5 heteroatoms. The van der Waals surface area contributed by atoms with Crippen molar-refractivity contribution in [3.8, 4) is 11.5 Å². The Morgan fingerprint density at radius 1 is 1.05 bits per heavy atom. The van der Waals surface area contributed by atoms with Crippen molar-refractivity contribution in [1.29, 1.82) is 0 Å². The molecule has 0 amide bonds. The summed E-state index contributed by atoms with van der Waals surface area (Å²) in [6, 6.07) is 10.3. The molecule has 0 saturated heterocycles. The highest BCUT2D eigenvalue weighted by atomic mass is 79.9. The minimum Gasteiger partial charge on any atom is -0.493 e. The molecule has 0 aromatic heterocycles. The third-order valence-electron chi connectivity index (χ3n) is 2.94. The van der Waals surface area contributed by atoms with Crippen LogP contribution in [0.1, 0.15) is 16.5 Å². The van der Waals surface area contributed by atoms with Gasteiger partial charge in [-0.05, 0) is 23.8 Å². The van der Waals surface area contributed by atoms with E-state index in [2.05, 4.69) is 15.9 Å². The summed E-state index contributed by atoms with van der Waals surface area (Å²) < 4.78 is 25.3. The maximum atomic E-state index is 14.1. The summed E-state index contributed by atoms with van der Waals surface area (Å²) in [7, 11) is 2.96. The predicted octanol–water partition coefficient (Wildman–Crippen LogP) is 4.93. The molecule has 0 fully saturated rings. The molecule has 0 bridgehead atoms. The van der Waals surface area contributed by atoms with Gasteiger partial charge in [0.1, 0.15) is 5.82 Å². The first-order chi connectivity index (χ1) is 9.56. The van der Waals surface area contributed by atoms with Crippen LogP contribution in [-0.4, -0.2) is 14.2 Å². The summed E-state index contributed by atoms with van der Waals surface area (Å²) in [4.78, 5) is 0. The van der Waals surface area contributed by atoms with Crippen LogP contribution in [0.15, 0.2) is 40.9 Å². The molecule has 0 radical (unpaired) electrons. The Morgan fingerprint density at radius 3 is 2.15 bits per heavy atom. The van der Waals surface area contributed by atoms with Crippen LogP contribution in [-0.2, 0) is 0 Å². The lowest BCUT2D eigenvalue weighted by atomic mass is 10.0. The number of hydrogen-bond acceptors (Lipinski definition) is 2. The molecule has 0 aliphatic rings. The fraction of sp³-hybridized carbons (Fsp3) is 0.200. The van der Waals surface area contributed by atoms with Crippen molar-refractivity contribution in [2.75, 3.05) is 14.2 Å². The van der Waals surface area contributed by atoms with Crippen molar-refractivity contribution in [2.45, 2.75) is 5.38 Å². The van der Waals surface area contributed by atoms with E-state index in [0.717, 1.165) is 10.0 Å². The summed E-state index contributed by atoms with van der Waals surface area (Å²) in [5, 5.41) is -0.595. The van der Waals surface area contributed by atoms with Crippen molar-refractivity contribution < 1.29 is 13.9 Å². The largest absolute Gasteiger partial charge is 0.493 e. The zero-order valence-electron chi connectivity index (χ0n) is 11.0. The van der Waals surface area contributed by atoms with Gasteiger partial charge in [0, 0.05) is 16.1 Å². The van der Waals surface area contributed by atoms with E-state index in [1.54, 1.807) is 6.07 Å². The van der Waals surface area contributed by atoms with E-state index in [9.17, 15) is 4.39 Å². The van der Waals surface area contributed by atoms with Crippen LogP contribution < -0.4 is 9.47 Å². The van der Waals surface area contributed by atoms with Gasteiger partial charge in [-0.2, -0.15) is 0 Å². The van der Waals surface area contributed by atoms with Gasteiger partial charge in [-0.15, -0.1) is 11.6 Å². The quantitative estimate of drug-likeness (QED) is 0.720. The summed E-state index contributed by atoms with van der Waals surface area (Å²) in [6.45, 7) is 0. The molecular weight excluding hydrogens is 347 g/mol. The maximum Gasteiger partial charge on any atom is 0.163 e. The first-order valence-electron chi connectivity index (χ1n) is 5.87. The second-order valence-electron chi connectivity index (χ2n) is 4.14. The molecule has 0 saturated carbocycles. The van der Waals surface area contributed by atoms with Gasteiger partial charge < -0.3 is 9.47 Å². The van der Waals surface area contributed by atoms with E-state index >= 15 is 0 Å². The molecule has 20 heavy (non-hydrogen) atoms. The Kier molecular flexibility index (Phi) is 4.89. The lowest BCUT2D eigenvalue weighted by Crippen LogP contribution is -2.00. The first-order valence-corrected chi connectivity index (χ1v) is 7.10. The molecule has 0 aliphatic heterocycles. The highest BCUT2D eigenvalue weighted by molar-refractivity contribution is 9.10. The van der Waals surface area contributed by atoms with Crippen LogP contribution in [0, 0.1) is 5.82 Å². The Hall–Kier alpha value is -1.26. The van der Waals surface area contributed by atoms with Crippen molar-refractivity contribution in [3.63, 3.8) is 0 Å². The number of ether oxygens (including phenoxy) is 2. The Labute approximate surface area is 130 Å². The second kappa shape index (κ2) is 6.46. The molecule has 2 aromatic rings. The zero-order valence-corrected chi connectivity index (χ0v) is 13.3. The Bertz CT molecular complexity index is 602. The van der Waals surface area contributed by atoms with Crippen molar-refractivity contribution in [3.05, 3.63) is 57.8 Å². The molecule has 2 rings (SSSR count). The minimum atomic E-state index is -0.595. The third-order valence-corrected chi connectivity index (χ3v) is 3.95. The molecule has 106 valence electrons. The maximum absolute atomic E-state index is 14.1. The van der Waals surface area contributed by atoms with E-state index in [1.807, 2.05) is 24.3 Å². The van der Waals surface area contributed by atoms with Gasteiger partial charge in [0.05, 0.1) is 19.6 Å². The SMILES string of the molecule is COc1cc(F)c(C(Cl)c2ccc(Br)cc2)cc1OC. The molecular formula is C15H13BrClFO2. The Morgan fingerprint density at radius 2 is 1.60 bits per heavy atom. The van der Waals surface area contributed by atoms with E-state index in [4.69, 9.17) is 21.1 Å². The number of benzene rings is 2. The average molecular weight is 360 g/mol. The van der Waals surface area contributed by atoms with Crippen molar-refractivity contribution in [2.24, 2.45) is 0 Å². The van der Waals surface area contributed by atoms with E-state index in [0.29, 0.717) is 17.1 Å². The van der Waals surface area contributed by atoms with E-state index < -0.39 is 11.2 Å². The van der Waals surface area contributed by atoms with Gasteiger partial charge in [-0.1, -0.05) is 28.1 Å². The summed E-state index contributed by atoms with van der Waals surface area (Å²) in [5.41, 5.74) is 1.16. The summed E-state index contributed by atoms with van der Waals surface area (Å²) >= 11 is 9.72.